The molecule has 0 aliphatic rings. The molecule has 0 saturated carbocycles. The molecule has 0 saturated heterocycles. The second kappa shape index (κ2) is 5.51. The van der Waals surface area contributed by atoms with Crippen LogP contribution in [0.25, 0.3) is 11.1 Å². The van der Waals surface area contributed by atoms with Crippen LogP contribution in [-0.2, 0) is 4.74 Å². The molecule has 92 valence electrons. The fraction of sp³-hybridized carbons (Fsp3) is 0.364. The number of nitrogens with one attached hydrogen (secondary N) is 2. The van der Waals surface area contributed by atoms with Crippen LogP contribution in [0.4, 0.5) is 0 Å². The maximum atomic E-state index is 11.7. The standard InChI is InChI=1S/C11H14N2O4/c14-3-6-16-5-2-12-11(15)9-7-10-8(13-9)1-4-17-10/h1,4,7,13-14H,2-3,5-6H2,(H,12,15). The van der Waals surface area contributed by atoms with Gasteiger partial charge in [0.1, 0.15) is 5.69 Å². The van der Waals surface area contributed by atoms with Crippen LogP contribution in [0.2, 0.25) is 0 Å². The number of amides is 1. The number of hydrogen-bond donors (Lipinski definition) is 3. The summed E-state index contributed by atoms with van der Waals surface area (Å²) in [4.78, 5) is 14.6. The summed E-state index contributed by atoms with van der Waals surface area (Å²) in [6.07, 6.45) is 1.56. The second-order valence-corrected chi connectivity index (χ2v) is 3.47. The molecule has 0 bridgehead atoms. The molecule has 0 spiro atoms. The first-order valence-corrected chi connectivity index (χ1v) is 5.34. The Kier molecular flexibility index (Phi) is 3.79. The Morgan fingerprint density at radius 2 is 2.41 bits per heavy atom. The van der Waals surface area contributed by atoms with Crippen LogP contribution < -0.4 is 5.32 Å². The molecule has 0 radical (unpaired) electrons. The topological polar surface area (TPSA) is 87.5 Å². The van der Waals surface area contributed by atoms with E-state index in [1.165, 1.54) is 0 Å². The number of aliphatic hydroxyl groups excluding tert-OH is 1. The van der Waals surface area contributed by atoms with Crippen molar-refractivity contribution in [2.24, 2.45) is 0 Å². The zero-order valence-corrected chi connectivity index (χ0v) is 9.23. The number of rotatable bonds is 6. The summed E-state index contributed by atoms with van der Waals surface area (Å²) in [6.45, 7) is 1.05. The molecule has 2 rings (SSSR count). The van der Waals surface area contributed by atoms with E-state index in [9.17, 15) is 4.79 Å². The number of hydrogen-bond acceptors (Lipinski definition) is 4. The Morgan fingerprint density at radius 3 is 3.18 bits per heavy atom. The number of aromatic amines is 1. The lowest BCUT2D eigenvalue weighted by Crippen LogP contribution is -2.27. The van der Waals surface area contributed by atoms with E-state index in [2.05, 4.69) is 10.3 Å². The monoisotopic (exact) mass is 238 g/mol. The van der Waals surface area contributed by atoms with Gasteiger partial charge < -0.3 is 24.6 Å². The summed E-state index contributed by atoms with van der Waals surface area (Å²) < 4.78 is 10.2. The summed E-state index contributed by atoms with van der Waals surface area (Å²) in [6, 6.07) is 3.41. The van der Waals surface area contributed by atoms with Crippen LogP contribution >= 0.6 is 0 Å². The lowest BCUT2D eigenvalue weighted by Gasteiger charge is -2.03. The molecule has 6 nitrogen and oxygen atoms in total. The molecule has 0 aromatic carbocycles. The number of aliphatic hydroxyl groups is 1. The minimum absolute atomic E-state index is 0.0129. The van der Waals surface area contributed by atoms with Crippen molar-refractivity contribution >= 4 is 17.0 Å². The van der Waals surface area contributed by atoms with E-state index in [1.807, 2.05) is 0 Å². The van der Waals surface area contributed by atoms with Gasteiger partial charge in [-0.15, -0.1) is 0 Å². The lowest BCUT2D eigenvalue weighted by molar-refractivity contribution is 0.0835. The summed E-state index contributed by atoms with van der Waals surface area (Å²) in [5.41, 5.74) is 1.92. The van der Waals surface area contributed by atoms with E-state index in [4.69, 9.17) is 14.3 Å². The summed E-state index contributed by atoms with van der Waals surface area (Å²) in [5.74, 6) is -0.205. The highest BCUT2D eigenvalue weighted by atomic mass is 16.5. The molecule has 2 aromatic rings. The maximum Gasteiger partial charge on any atom is 0.267 e. The Balaban J connectivity index is 1.81. The highest BCUT2D eigenvalue weighted by Gasteiger charge is 2.10. The van der Waals surface area contributed by atoms with Crippen LogP contribution in [0.15, 0.2) is 22.8 Å². The van der Waals surface area contributed by atoms with Gasteiger partial charge in [0.05, 0.1) is 31.6 Å². The molecule has 2 heterocycles. The van der Waals surface area contributed by atoms with Crippen molar-refractivity contribution in [1.82, 2.24) is 10.3 Å². The van der Waals surface area contributed by atoms with Crippen LogP contribution in [-0.4, -0.2) is 42.4 Å². The minimum atomic E-state index is -0.205. The van der Waals surface area contributed by atoms with E-state index in [0.29, 0.717) is 24.4 Å². The van der Waals surface area contributed by atoms with Gasteiger partial charge in [-0.2, -0.15) is 0 Å². The van der Waals surface area contributed by atoms with Crippen molar-refractivity contribution in [3.05, 3.63) is 24.1 Å². The fourth-order valence-corrected chi connectivity index (χ4v) is 1.47. The second-order valence-electron chi connectivity index (χ2n) is 3.47. The van der Waals surface area contributed by atoms with Gasteiger partial charge >= 0.3 is 0 Å². The van der Waals surface area contributed by atoms with Crippen molar-refractivity contribution in [1.29, 1.82) is 0 Å². The summed E-state index contributed by atoms with van der Waals surface area (Å²) in [5, 5.41) is 11.2. The first kappa shape index (κ1) is 11.7. The number of ether oxygens (including phenoxy) is 1. The Bertz CT molecular complexity index is 460. The molecule has 0 unspecified atom stereocenters. The van der Waals surface area contributed by atoms with Crippen molar-refractivity contribution in [3.8, 4) is 0 Å². The van der Waals surface area contributed by atoms with Crippen LogP contribution in [0.5, 0.6) is 0 Å². The van der Waals surface area contributed by atoms with Crippen molar-refractivity contribution in [2.45, 2.75) is 0 Å². The number of aromatic nitrogens is 1. The van der Waals surface area contributed by atoms with E-state index in [0.717, 1.165) is 5.52 Å². The van der Waals surface area contributed by atoms with Gasteiger partial charge in [-0.05, 0) is 0 Å². The molecule has 0 aliphatic heterocycles. The number of H-pyrrole nitrogens is 1. The SMILES string of the molecule is O=C(NCCOCCO)c1cc2occc2[nH]1. The Labute approximate surface area is 97.6 Å². The van der Waals surface area contributed by atoms with Gasteiger partial charge in [0.2, 0.25) is 0 Å². The van der Waals surface area contributed by atoms with Crippen molar-refractivity contribution in [3.63, 3.8) is 0 Å². The smallest absolute Gasteiger partial charge is 0.267 e. The molecule has 3 N–H and O–H groups in total. The van der Waals surface area contributed by atoms with Gasteiger partial charge in [-0.3, -0.25) is 4.79 Å². The Hall–Kier alpha value is -1.79. The average Bonchev–Trinajstić information content (AvgIpc) is 2.88. The van der Waals surface area contributed by atoms with Crippen LogP contribution in [0.1, 0.15) is 10.5 Å². The molecule has 0 atom stereocenters. The third-order valence-electron chi connectivity index (χ3n) is 2.25. The number of carbonyl (C=O) groups excluding carboxylic acids is 1. The van der Waals surface area contributed by atoms with E-state index in [-0.39, 0.29) is 19.1 Å². The number of carbonyl (C=O) groups is 1. The lowest BCUT2D eigenvalue weighted by atomic mass is 10.4. The van der Waals surface area contributed by atoms with Crippen LogP contribution in [0, 0.1) is 0 Å². The molecule has 17 heavy (non-hydrogen) atoms. The highest BCUT2D eigenvalue weighted by molar-refractivity contribution is 5.96. The molecular formula is C11H14N2O4. The molecule has 0 fully saturated rings. The minimum Gasteiger partial charge on any atom is -0.463 e. The van der Waals surface area contributed by atoms with E-state index < -0.39 is 0 Å². The zero-order chi connectivity index (χ0) is 12.1. The van der Waals surface area contributed by atoms with Crippen LogP contribution in [0.3, 0.4) is 0 Å². The van der Waals surface area contributed by atoms with Gasteiger partial charge in [0, 0.05) is 18.7 Å². The first-order valence-electron chi connectivity index (χ1n) is 5.34. The number of furan rings is 1. The normalized spacial score (nSPS) is 10.9. The van der Waals surface area contributed by atoms with E-state index >= 15 is 0 Å². The highest BCUT2D eigenvalue weighted by Crippen LogP contribution is 2.15. The van der Waals surface area contributed by atoms with Gasteiger partial charge in [0.25, 0.3) is 5.91 Å². The predicted molar refractivity (Wildman–Crippen MR) is 60.8 cm³/mol. The molecule has 6 heteroatoms. The fourth-order valence-electron chi connectivity index (χ4n) is 1.47. The number of fused-ring (bicyclic) bond motifs is 1. The van der Waals surface area contributed by atoms with Crippen molar-refractivity contribution < 1.29 is 19.1 Å². The quantitative estimate of drug-likeness (QED) is 0.639. The zero-order valence-electron chi connectivity index (χ0n) is 9.23. The summed E-state index contributed by atoms with van der Waals surface area (Å²) in [7, 11) is 0. The maximum absolute atomic E-state index is 11.7. The van der Waals surface area contributed by atoms with E-state index in [1.54, 1.807) is 18.4 Å². The van der Waals surface area contributed by atoms with Crippen molar-refractivity contribution in [2.75, 3.05) is 26.4 Å². The summed E-state index contributed by atoms with van der Waals surface area (Å²) >= 11 is 0. The molecular weight excluding hydrogens is 224 g/mol. The first-order chi connectivity index (χ1) is 8.31. The van der Waals surface area contributed by atoms with Gasteiger partial charge in [0.15, 0.2) is 5.58 Å². The molecule has 2 aromatic heterocycles. The Morgan fingerprint density at radius 1 is 1.53 bits per heavy atom. The predicted octanol–water partition coefficient (Wildman–Crippen LogP) is 0.500. The molecule has 1 amide bonds. The largest absolute Gasteiger partial charge is 0.463 e. The third-order valence-corrected chi connectivity index (χ3v) is 2.25. The molecule has 0 aliphatic carbocycles. The van der Waals surface area contributed by atoms with Gasteiger partial charge in [-0.25, -0.2) is 0 Å². The third kappa shape index (κ3) is 2.86. The van der Waals surface area contributed by atoms with Gasteiger partial charge in [-0.1, -0.05) is 0 Å². The average molecular weight is 238 g/mol.